The first-order valence-corrected chi connectivity index (χ1v) is 9.86. The molecule has 0 amide bonds. The van der Waals surface area contributed by atoms with E-state index in [1.165, 1.54) is 25.1 Å². The summed E-state index contributed by atoms with van der Waals surface area (Å²) in [5.41, 5.74) is 0. The van der Waals surface area contributed by atoms with Crippen molar-refractivity contribution in [1.82, 2.24) is 0 Å². The van der Waals surface area contributed by atoms with E-state index in [1.807, 2.05) is 6.92 Å². The summed E-state index contributed by atoms with van der Waals surface area (Å²) in [7, 11) is -3.15. The minimum absolute atomic E-state index is 0.0505. The Morgan fingerprint density at radius 1 is 1.05 bits per heavy atom. The lowest BCUT2D eigenvalue weighted by Gasteiger charge is -2.17. The molecule has 0 radical (unpaired) electrons. The normalized spacial score (nSPS) is 15.5. The van der Waals surface area contributed by atoms with E-state index in [1.54, 1.807) is 19.9 Å². The summed E-state index contributed by atoms with van der Waals surface area (Å²) < 4.78 is 22.6. The first-order chi connectivity index (χ1) is 9.99. The molecule has 126 valence electrons. The molecule has 0 spiro atoms. The molecule has 5 heteroatoms. The fourth-order valence-corrected chi connectivity index (χ4v) is 3.52. The van der Waals surface area contributed by atoms with Crippen LogP contribution in [0, 0.1) is 5.92 Å². The Hall–Kier alpha value is -0.150. The Balaban J connectivity index is 4.21. The molecular formula is C16H33O4P. The average molecular weight is 320 g/mol. The number of unbranched alkanes of at least 4 members (excludes halogenated alkanes) is 4. The largest absolute Gasteiger partial charge is 0.393 e. The molecule has 0 aliphatic carbocycles. The Morgan fingerprint density at radius 2 is 1.62 bits per heavy atom. The van der Waals surface area contributed by atoms with Crippen LogP contribution in [-0.2, 0) is 13.6 Å². The predicted octanol–water partition coefficient (Wildman–Crippen LogP) is 5.12. The summed E-state index contributed by atoms with van der Waals surface area (Å²) >= 11 is 0. The summed E-state index contributed by atoms with van der Waals surface area (Å²) in [5, 5.41) is 10.1. The second-order valence-electron chi connectivity index (χ2n) is 5.35. The average Bonchev–Trinajstić information content (AvgIpc) is 2.45. The SMILES string of the molecule is CCCCCCCC(O)C(C)/C=C/P(=O)(OCC)OCC. The van der Waals surface area contributed by atoms with E-state index in [4.69, 9.17) is 9.05 Å². The van der Waals surface area contributed by atoms with Crippen LogP contribution in [-0.4, -0.2) is 24.4 Å². The quantitative estimate of drug-likeness (QED) is 0.378. The van der Waals surface area contributed by atoms with Gasteiger partial charge in [-0.15, -0.1) is 0 Å². The molecule has 0 aliphatic heterocycles. The second kappa shape index (κ2) is 12.4. The van der Waals surface area contributed by atoms with E-state index in [-0.39, 0.29) is 5.92 Å². The molecule has 0 aromatic rings. The van der Waals surface area contributed by atoms with Gasteiger partial charge in [0, 0.05) is 11.7 Å². The lowest BCUT2D eigenvalue weighted by molar-refractivity contribution is 0.125. The number of aliphatic hydroxyl groups excluding tert-OH is 1. The van der Waals surface area contributed by atoms with E-state index in [0.717, 1.165) is 19.3 Å². The third-order valence-corrected chi connectivity index (χ3v) is 5.17. The zero-order valence-corrected chi connectivity index (χ0v) is 15.0. The molecule has 0 bridgehead atoms. The molecule has 0 aliphatic rings. The van der Waals surface area contributed by atoms with Crippen LogP contribution >= 0.6 is 7.60 Å². The minimum atomic E-state index is -3.15. The van der Waals surface area contributed by atoms with E-state index in [9.17, 15) is 9.67 Å². The van der Waals surface area contributed by atoms with Gasteiger partial charge in [0.1, 0.15) is 0 Å². The van der Waals surface area contributed by atoms with Crippen molar-refractivity contribution in [2.24, 2.45) is 5.92 Å². The lowest BCUT2D eigenvalue weighted by Crippen LogP contribution is -2.15. The third-order valence-electron chi connectivity index (χ3n) is 3.40. The first-order valence-electron chi connectivity index (χ1n) is 8.25. The molecule has 0 fully saturated rings. The van der Waals surface area contributed by atoms with Gasteiger partial charge in [0.25, 0.3) is 0 Å². The molecular weight excluding hydrogens is 287 g/mol. The molecule has 2 unspecified atom stereocenters. The van der Waals surface area contributed by atoms with Crippen molar-refractivity contribution in [2.45, 2.75) is 72.3 Å². The lowest BCUT2D eigenvalue weighted by atomic mass is 9.99. The first kappa shape index (κ1) is 20.9. The van der Waals surface area contributed by atoms with Crippen LogP contribution in [0.4, 0.5) is 0 Å². The predicted molar refractivity (Wildman–Crippen MR) is 88.5 cm³/mol. The second-order valence-corrected chi connectivity index (χ2v) is 7.24. The van der Waals surface area contributed by atoms with Gasteiger partial charge in [-0.1, -0.05) is 52.0 Å². The number of aliphatic hydroxyl groups is 1. The van der Waals surface area contributed by atoms with E-state index in [2.05, 4.69) is 6.92 Å². The monoisotopic (exact) mass is 320 g/mol. The maximum absolute atomic E-state index is 12.3. The fraction of sp³-hybridized carbons (Fsp3) is 0.875. The molecule has 0 rings (SSSR count). The van der Waals surface area contributed by atoms with Gasteiger partial charge in [0.15, 0.2) is 0 Å². The van der Waals surface area contributed by atoms with Crippen LogP contribution in [0.2, 0.25) is 0 Å². The molecule has 2 atom stereocenters. The topological polar surface area (TPSA) is 55.8 Å². The third kappa shape index (κ3) is 10.2. The highest BCUT2D eigenvalue weighted by atomic mass is 31.2. The van der Waals surface area contributed by atoms with Gasteiger partial charge in [-0.25, -0.2) is 0 Å². The van der Waals surface area contributed by atoms with Gasteiger partial charge in [0.2, 0.25) is 0 Å². The maximum Gasteiger partial charge on any atom is 0.353 e. The van der Waals surface area contributed by atoms with Crippen LogP contribution in [0.3, 0.4) is 0 Å². The molecule has 0 aromatic heterocycles. The van der Waals surface area contributed by atoms with Crippen LogP contribution in [0.1, 0.15) is 66.2 Å². The van der Waals surface area contributed by atoms with Gasteiger partial charge in [-0.05, 0) is 20.3 Å². The van der Waals surface area contributed by atoms with Crippen LogP contribution < -0.4 is 0 Å². The van der Waals surface area contributed by atoms with Crippen LogP contribution in [0.5, 0.6) is 0 Å². The minimum Gasteiger partial charge on any atom is -0.393 e. The highest BCUT2D eigenvalue weighted by molar-refractivity contribution is 7.57. The van der Waals surface area contributed by atoms with Crippen molar-refractivity contribution >= 4 is 7.60 Å². The van der Waals surface area contributed by atoms with Crippen molar-refractivity contribution in [3.05, 3.63) is 11.9 Å². The summed E-state index contributed by atoms with van der Waals surface area (Å²) in [6.45, 7) is 8.38. The molecule has 1 N–H and O–H groups in total. The summed E-state index contributed by atoms with van der Waals surface area (Å²) in [6.07, 6.45) is 8.05. The van der Waals surface area contributed by atoms with Crippen molar-refractivity contribution in [3.8, 4) is 0 Å². The summed E-state index contributed by atoms with van der Waals surface area (Å²) in [6, 6.07) is 0. The van der Waals surface area contributed by atoms with Gasteiger partial charge >= 0.3 is 7.60 Å². The zero-order valence-electron chi connectivity index (χ0n) is 14.1. The highest BCUT2D eigenvalue weighted by Crippen LogP contribution is 2.49. The Labute approximate surface area is 130 Å². The molecule has 0 saturated carbocycles. The Morgan fingerprint density at radius 3 is 2.14 bits per heavy atom. The van der Waals surface area contributed by atoms with Crippen LogP contribution in [0.15, 0.2) is 11.9 Å². The number of rotatable bonds is 13. The van der Waals surface area contributed by atoms with Crippen molar-refractivity contribution in [3.63, 3.8) is 0 Å². The van der Waals surface area contributed by atoms with Gasteiger partial charge in [-0.2, -0.15) is 0 Å². The Bertz CT molecular complexity index is 307. The smallest absolute Gasteiger partial charge is 0.353 e. The highest BCUT2D eigenvalue weighted by Gasteiger charge is 2.20. The summed E-state index contributed by atoms with van der Waals surface area (Å²) in [4.78, 5) is 0. The van der Waals surface area contributed by atoms with Crippen molar-refractivity contribution in [1.29, 1.82) is 0 Å². The van der Waals surface area contributed by atoms with Gasteiger partial charge in [0.05, 0.1) is 19.3 Å². The van der Waals surface area contributed by atoms with Crippen molar-refractivity contribution < 1.29 is 18.7 Å². The molecule has 21 heavy (non-hydrogen) atoms. The summed E-state index contributed by atoms with van der Waals surface area (Å²) in [5.74, 6) is 1.44. The number of hydrogen-bond acceptors (Lipinski definition) is 4. The van der Waals surface area contributed by atoms with Crippen molar-refractivity contribution in [2.75, 3.05) is 13.2 Å². The van der Waals surface area contributed by atoms with E-state index in [0.29, 0.717) is 13.2 Å². The zero-order chi connectivity index (χ0) is 16.1. The number of hydrogen-bond donors (Lipinski definition) is 1. The van der Waals surface area contributed by atoms with E-state index >= 15 is 0 Å². The maximum atomic E-state index is 12.3. The van der Waals surface area contributed by atoms with E-state index < -0.39 is 13.7 Å². The molecule has 4 nitrogen and oxygen atoms in total. The fourth-order valence-electron chi connectivity index (χ4n) is 2.07. The standard InChI is InChI=1S/C16H33O4P/c1-5-8-9-10-11-12-16(17)15(4)13-14-21(18,19-6-2)20-7-3/h13-17H,5-12H2,1-4H3/b14-13+. The van der Waals surface area contributed by atoms with Crippen LogP contribution in [0.25, 0.3) is 0 Å². The molecule has 0 heterocycles. The molecule has 0 aromatic carbocycles. The van der Waals surface area contributed by atoms with Gasteiger partial charge in [-0.3, -0.25) is 4.57 Å². The van der Waals surface area contributed by atoms with Gasteiger partial charge < -0.3 is 14.2 Å². The molecule has 0 saturated heterocycles. The Kier molecular flexibility index (Phi) is 12.3.